The highest BCUT2D eigenvalue weighted by molar-refractivity contribution is 5.99. The van der Waals surface area contributed by atoms with Crippen molar-refractivity contribution in [3.63, 3.8) is 0 Å². The summed E-state index contributed by atoms with van der Waals surface area (Å²) in [6.07, 6.45) is 1.56. The Hall–Kier alpha value is -3.21. The Kier molecular flexibility index (Phi) is 6.44. The Labute approximate surface area is 183 Å². The molecule has 0 N–H and O–H groups in total. The van der Waals surface area contributed by atoms with Crippen LogP contribution in [0.2, 0.25) is 0 Å². The maximum absolute atomic E-state index is 12.5. The first-order valence-corrected chi connectivity index (χ1v) is 10.5. The molecule has 0 unspecified atom stereocenters. The number of anilines is 1. The highest BCUT2D eigenvalue weighted by Gasteiger charge is 2.38. The van der Waals surface area contributed by atoms with Gasteiger partial charge in [-0.3, -0.25) is 14.4 Å². The standard InChI is InChI=1S/C26H29NO4/c1-17-10-11-18(2)20(14-17)23(29)12-13-25(30)31-16-19(28)15-24-26(3,4)21-8-6-7-9-22(21)27(24)5/h6-11,14-15H,12-13,16H2,1-5H3. The molecule has 0 aromatic heterocycles. The zero-order chi connectivity index (χ0) is 22.8. The summed E-state index contributed by atoms with van der Waals surface area (Å²) in [6.45, 7) is 7.60. The smallest absolute Gasteiger partial charge is 0.306 e. The molecular weight excluding hydrogens is 390 g/mol. The molecule has 0 saturated carbocycles. The molecular formula is C26H29NO4. The summed E-state index contributed by atoms with van der Waals surface area (Å²) in [7, 11) is 1.93. The van der Waals surface area contributed by atoms with Crippen LogP contribution >= 0.6 is 0 Å². The summed E-state index contributed by atoms with van der Waals surface area (Å²) in [4.78, 5) is 39.0. The van der Waals surface area contributed by atoms with Gasteiger partial charge >= 0.3 is 5.97 Å². The van der Waals surface area contributed by atoms with Crippen LogP contribution in [0.1, 0.15) is 53.7 Å². The molecule has 0 bridgehead atoms. The van der Waals surface area contributed by atoms with E-state index in [9.17, 15) is 14.4 Å². The fourth-order valence-corrected chi connectivity index (χ4v) is 4.06. The number of hydrogen-bond acceptors (Lipinski definition) is 5. The van der Waals surface area contributed by atoms with E-state index in [0.717, 1.165) is 28.1 Å². The quantitative estimate of drug-likeness (QED) is 0.370. The third-order valence-corrected chi connectivity index (χ3v) is 5.86. The number of aryl methyl sites for hydroxylation is 2. The number of nitrogens with zero attached hydrogens (tertiary/aromatic N) is 1. The molecule has 0 radical (unpaired) electrons. The highest BCUT2D eigenvalue weighted by Crippen LogP contribution is 2.46. The van der Waals surface area contributed by atoms with Crippen molar-refractivity contribution in [2.75, 3.05) is 18.6 Å². The number of carbonyl (C=O) groups is 3. The van der Waals surface area contributed by atoms with Crippen LogP contribution in [-0.2, 0) is 19.7 Å². The first kappa shape index (κ1) is 22.5. The molecule has 3 rings (SSSR count). The maximum atomic E-state index is 12.5. The van der Waals surface area contributed by atoms with E-state index < -0.39 is 5.97 Å². The number of hydrogen-bond donors (Lipinski definition) is 0. The van der Waals surface area contributed by atoms with Crippen LogP contribution in [0.4, 0.5) is 5.69 Å². The fraction of sp³-hybridized carbons (Fsp3) is 0.346. The molecule has 0 aliphatic carbocycles. The van der Waals surface area contributed by atoms with E-state index in [1.54, 1.807) is 6.08 Å². The Morgan fingerprint density at radius 2 is 1.74 bits per heavy atom. The van der Waals surface area contributed by atoms with Crippen molar-refractivity contribution in [1.82, 2.24) is 0 Å². The van der Waals surface area contributed by atoms with E-state index in [1.165, 1.54) is 0 Å². The van der Waals surface area contributed by atoms with Crippen molar-refractivity contribution < 1.29 is 19.1 Å². The van der Waals surface area contributed by atoms with Crippen LogP contribution in [0.5, 0.6) is 0 Å². The van der Waals surface area contributed by atoms with Gasteiger partial charge in [0.1, 0.15) is 0 Å². The summed E-state index contributed by atoms with van der Waals surface area (Å²) < 4.78 is 5.13. The monoisotopic (exact) mass is 419 g/mol. The van der Waals surface area contributed by atoms with Gasteiger partial charge in [0, 0.05) is 41.9 Å². The normalized spacial score (nSPS) is 15.6. The molecule has 162 valence electrons. The predicted molar refractivity (Wildman–Crippen MR) is 121 cm³/mol. The average Bonchev–Trinajstić information content (AvgIpc) is 2.93. The van der Waals surface area contributed by atoms with Crippen molar-refractivity contribution in [3.05, 3.63) is 76.5 Å². The molecule has 1 heterocycles. The third kappa shape index (κ3) is 4.76. The zero-order valence-electron chi connectivity index (χ0n) is 18.8. The predicted octanol–water partition coefficient (Wildman–Crippen LogP) is 4.69. The van der Waals surface area contributed by atoms with Gasteiger partial charge in [-0.25, -0.2) is 0 Å². The maximum Gasteiger partial charge on any atom is 0.306 e. The molecule has 0 fully saturated rings. The van der Waals surface area contributed by atoms with Crippen molar-refractivity contribution in [1.29, 1.82) is 0 Å². The number of para-hydroxylation sites is 1. The number of ether oxygens (including phenoxy) is 1. The Balaban J connectivity index is 1.56. The van der Waals surface area contributed by atoms with Gasteiger partial charge in [-0.05, 0) is 37.1 Å². The lowest BCUT2D eigenvalue weighted by atomic mass is 9.83. The summed E-state index contributed by atoms with van der Waals surface area (Å²) in [5.41, 5.74) is 5.27. The lowest BCUT2D eigenvalue weighted by molar-refractivity contribution is -0.146. The van der Waals surface area contributed by atoms with Gasteiger partial charge in [-0.15, -0.1) is 0 Å². The number of fused-ring (bicyclic) bond motifs is 1. The van der Waals surface area contributed by atoms with Gasteiger partial charge in [0.05, 0.1) is 6.42 Å². The zero-order valence-corrected chi connectivity index (χ0v) is 18.8. The lowest BCUT2D eigenvalue weighted by Crippen LogP contribution is -2.25. The Bertz CT molecular complexity index is 1060. The van der Waals surface area contributed by atoms with Crippen LogP contribution in [0.15, 0.2) is 54.2 Å². The van der Waals surface area contributed by atoms with Crippen LogP contribution in [0.3, 0.4) is 0 Å². The molecule has 5 heteroatoms. The highest BCUT2D eigenvalue weighted by atomic mass is 16.5. The molecule has 0 amide bonds. The molecule has 0 spiro atoms. The summed E-state index contributed by atoms with van der Waals surface area (Å²) in [5, 5.41) is 0. The van der Waals surface area contributed by atoms with Crippen molar-refractivity contribution in [2.24, 2.45) is 0 Å². The number of benzene rings is 2. The van der Waals surface area contributed by atoms with Gasteiger partial charge in [-0.2, -0.15) is 0 Å². The second-order valence-corrected chi connectivity index (χ2v) is 8.60. The summed E-state index contributed by atoms with van der Waals surface area (Å²) >= 11 is 0. The van der Waals surface area contributed by atoms with E-state index in [2.05, 4.69) is 19.9 Å². The minimum atomic E-state index is -0.548. The van der Waals surface area contributed by atoms with Crippen molar-refractivity contribution >= 4 is 23.2 Å². The Morgan fingerprint density at radius 1 is 1.03 bits per heavy atom. The van der Waals surface area contributed by atoms with Gasteiger partial charge in [0.2, 0.25) is 0 Å². The minimum absolute atomic E-state index is 0.0487. The number of allylic oxidation sites excluding steroid dienone is 1. The molecule has 5 nitrogen and oxygen atoms in total. The minimum Gasteiger partial charge on any atom is -0.457 e. The second-order valence-electron chi connectivity index (χ2n) is 8.60. The first-order valence-electron chi connectivity index (χ1n) is 10.5. The molecule has 2 aromatic rings. The van der Waals surface area contributed by atoms with E-state index in [1.807, 2.05) is 62.2 Å². The van der Waals surface area contributed by atoms with Crippen LogP contribution in [-0.4, -0.2) is 31.2 Å². The largest absolute Gasteiger partial charge is 0.457 e. The Morgan fingerprint density at radius 3 is 2.45 bits per heavy atom. The van der Waals surface area contributed by atoms with Crippen LogP contribution in [0.25, 0.3) is 0 Å². The molecule has 0 saturated heterocycles. The van der Waals surface area contributed by atoms with Crippen LogP contribution < -0.4 is 4.90 Å². The van der Waals surface area contributed by atoms with E-state index in [-0.39, 0.29) is 36.4 Å². The number of likely N-dealkylation sites (N-methyl/N-ethyl adjacent to an activating group) is 1. The number of rotatable bonds is 7. The van der Waals surface area contributed by atoms with E-state index >= 15 is 0 Å². The SMILES string of the molecule is Cc1ccc(C)c(C(=O)CCC(=O)OCC(=O)C=C2N(C)c3ccccc3C2(C)C)c1. The summed E-state index contributed by atoms with van der Waals surface area (Å²) in [5.74, 6) is -0.927. The molecule has 0 atom stereocenters. The van der Waals surface area contributed by atoms with Crippen LogP contribution in [0, 0.1) is 13.8 Å². The summed E-state index contributed by atoms with van der Waals surface area (Å²) in [6, 6.07) is 13.7. The number of ketones is 2. The van der Waals surface area contributed by atoms with E-state index in [4.69, 9.17) is 4.74 Å². The molecule has 2 aromatic carbocycles. The van der Waals surface area contributed by atoms with Gasteiger partial charge in [-0.1, -0.05) is 49.7 Å². The van der Waals surface area contributed by atoms with Gasteiger partial charge in [0.15, 0.2) is 18.2 Å². The number of esters is 1. The molecule has 1 aliphatic heterocycles. The second kappa shape index (κ2) is 8.88. The fourth-order valence-electron chi connectivity index (χ4n) is 4.06. The van der Waals surface area contributed by atoms with Gasteiger partial charge in [0.25, 0.3) is 0 Å². The molecule has 1 aliphatic rings. The lowest BCUT2D eigenvalue weighted by Gasteiger charge is -2.23. The first-order chi connectivity index (χ1) is 14.6. The van der Waals surface area contributed by atoms with Crippen molar-refractivity contribution in [3.8, 4) is 0 Å². The number of carbonyl (C=O) groups excluding carboxylic acids is 3. The number of Topliss-reactive ketones (excluding diaryl/α,β-unsaturated/α-hetero) is 1. The third-order valence-electron chi connectivity index (χ3n) is 5.86. The molecule has 31 heavy (non-hydrogen) atoms. The average molecular weight is 420 g/mol. The van der Waals surface area contributed by atoms with Crippen molar-refractivity contribution in [2.45, 2.75) is 46.0 Å². The van der Waals surface area contributed by atoms with Gasteiger partial charge < -0.3 is 9.64 Å². The topological polar surface area (TPSA) is 63.7 Å². The van der Waals surface area contributed by atoms with E-state index in [0.29, 0.717) is 5.56 Å².